The summed E-state index contributed by atoms with van der Waals surface area (Å²) in [5, 5.41) is 3.01. The van der Waals surface area contributed by atoms with Crippen molar-refractivity contribution in [2.45, 2.75) is 38.1 Å². The van der Waals surface area contributed by atoms with Crippen molar-refractivity contribution in [2.24, 2.45) is 13.0 Å². The van der Waals surface area contributed by atoms with E-state index in [1.54, 1.807) is 18.5 Å². The van der Waals surface area contributed by atoms with Crippen LogP contribution >= 0.6 is 0 Å². The number of aryl methyl sites for hydroxylation is 1. The molecular formula is C19H24N4O3. The molecule has 2 aliphatic rings. The van der Waals surface area contributed by atoms with Crippen LogP contribution < -0.4 is 5.32 Å². The van der Waals surface area contributed by atoms with E-state index < -0.39 is 0 Å². The zero-order chi connectivity index (χ0) is 18.3. The maximum atomic E-state index is 12.6. The summed E-state index contributed by atoms with van der Waals surface area (Å²) < 4.78 is 7.44. The molecule has 2 aromatic rings. The molecule has 1 aliphatic heterocycles. The largest absolute Gasteiger partial charge is 0.468 e. The average Bonchev–Trinajstić information content (AvgIpc) is 3.06. The van der Waals surface area contributed by atoms with Gasteiger partial charge in [-0.1, -0.05) is 0 Å². The van der Waals surface area contributed by atoms with Crippen LogP contribution in [0.5, 0.6) is 0 Å². The van der Waals surface area contributed by atoms with Crippen LogP contribution in [0.4, 0.5) is 0 Å². The Kier molecular flexibility index (Phi) is 4.30. The minimum Gasteiger partial charge on any atom is -0.468 e. The molecule has 138 valence electrons. The summed E-state index contributed by atoms with van der Waals surface area (Å²) in [7, 11) is 1.93. The zero-order valence-corrected chi connectivity index (χ0v) is 15.1. The molecule has 3 heterocycles. The second-order valence-corrected chi connectivity index (χ2v) is 7.17. The van der Waals surface area contributed by atoms with Gasteiger partial charge >= 0.3 is 0 Å². The van der Waals surface area contributed by atoms with Crippen LogP contribution in [-0.2, 0) is 11.8 Å². The highest BCUT2D eigenvalue weighted by Crippen LogP contribution is 2.42. The minimum absolute atomic E-state index is 0.00350. The Bertz CT molecular complexity index is 820. The third kappa shape index (κ3) is 2.91. The summed E-state index contributed by atoms with van der Waals surface area (Å²) >= 11 is 0. The van der Waals surface area contributed by atoms with Gasteiger partial charge in [-0.05, 0) is 25.8 Å². The highest BCUT2D eigenvalue weighted by atomic mass is 16.3. The smallest absolute Gasteiger partial charge is 0.254 e. The molecule has 2 atom stereocenters. The first-order chi connectivity index (χ1) is 12.6. The number of nitrogens with one attached hydrogen (secondary N) is 1. The van der Waals surface area contributed by atoms with Gasteiger partial charge in [-0.3, -0.25) is 9.59 Å². The zero-order valence-electron chi connectivity index (χ0n) is 15.1. The summed E-state index contributed by atoms with van der Waals surface area (Å²) in [6.07, 6.45) is 7.79. The third-order valence-electron chi connectivity index (χ3n) is 5.42. The number of carbonyl (C=O) groups is 2. The number of amides is 2. The highest BCUT2D eigenvalue weighted by Gasteiger charge is 2.42. The fraction of sp³-hybridized carbons (Fsp3) is 0.526. The molecule has 1 aliphatic carbocycles. The molecule has 26 heavy (non-hydrogen) atoms. The van der Waals surface area contributed by atoms with Gasteiger partial charge in [0.2, 0.25) is 5.91 Å². The molecule has 4 rings (SSSR count). The molecule has 2 amide bonds. The Balaban J connectivity index is 1.49. The minimum atomic E-state index is -0.123. The molecule has 1 N–H and O–H groups in total. The van der Waals surface area contributed by atoms with Crippen LogP contribution in [0.1, 0.15) is 60.1 Å². The monoisotopic (exact) mass is 356 g/mol. The molecule has 1 saturated heterocycles. The van der Waals surface area contributed by atoms with E-state index >= 15 is 0 Å². The van der Waals surface area contributed by atoms with Crippen LogP contribution in [-0.4, -0.2) is 39.4 Å². The first-order valence-corrected chi connectivity index (χ1v) is 9.22. The number of furan rings is 1. The van der Waals surface area contributed by atoms with E-state index in [9.17, 15) is 9.59 Å². The summed E-state index contributed by atoms with van der Waals surface area (Å²) in [6, 6.07) is 1.62. The predicted molar refractivity (Wildman–Crippen MR) is 94.5 cm³/mol. The summed E-state index contributed by atoms with van der Waals surface area (Å²) in [4.78, 5) is 31.3. The quantitative estimate of drug-likeness (QED) is 0.861. The Morgan fingerprint density at radius 3 is 2.88 bits per heavy atom. The Hall–Kier alpha value is -2.57. The lowest BCUT2D eigenvalue weighted by Crippen LogP contribution is -2.35. The van der Waals surface area contributed by atoms with Crippen LogP contribution in [0.2, 0.25) is 0 Å². The number of nitrogens with zero attached hydrogens (tertiary/aromatic N) is 3. The van der Waals surface area contributed by atoms with Gasteiger partial charge in [0.05, 0.1) is 17.9 Å². The van der Waals surface area contributed by atoms with E-state index in [0.717, 1.165) is 24.4 Å². The fourth-order valence-electron chi connectivity index (χ4n) is 3.92. The lowest BCUT2D eigenvalue weighted by atomic mass is 9.99. The van der Waals surface area contributed by atoms with Crippen molar-refractivity contribution in [1.29, 1.82) is 0 Å². The van der Waals surface area contributed by atoms with E-state index in [2.05, 4.69) is 10.3 Å². The standard InChI is InChI=1S/C19H24N4O3/c1-3-23-15(24)10-13(16(23)18-20-7-8-22(18)2)11-21-19(25)14-6-9-26-17(14)12-4-5-12/h6-9,12-13,16H,3-5,10-11H2,1-2H3,(H,21,25)/t13-,16+/m0/s1. The Morgan fingerprint density at radius 2 is 2.23 bits per heavy atom. The molecule has 0 spiro atoms. The SMILES string of the molecule is CCN1C(=O)C[C@@H](CNC(=O)c2ccoc2C2CC2)[C@@H]1c1nccn1C. The van der Waals surface area contributed by atoms with E-state index in [1.165, 1.54) is 0 Å². The van der Waals surface area contributed by atoms with E-state index in [1.807, 2.05) is 29.6 Å². The Morgan fingerprint density at radius 1 is 1.42 bits per heavy atom. The number of hydrogen-bond acceptors (Lipinski definition) is 4. The molecule has 7 nitrogen and oxygen atoms in total. The van der Waals surface area contributed by atoms with Gasteiger partial charge < -0.3 is 19.2 Å². The molecule has 1 saturated carbocycles. The molecule has 0 radical (unpaired) electrons. The van der Waals surface area contributed by atoms with Crippen molar-refractivity contribution in [1.82, 2.24) is 19.8 Å². The third-order valence-corrected chi connectivity index (χ3v) is 5.42. The molecule has 0 aromatic carbocycles. The highest BCUT2D eigenvalue weighted by molar-refractivity contribution is 5.95. The summed E-state index contributed by atoms with van der Waals surface area (Å²) in [5.74, 6) is 2.03. The Labute approximate surface area is 152 Å². The van der Waals surface area contributed by atoms with E-state index in [4.69, 9.17) is 4.42 Å². The normalized spacial score (nSPS) is 22.8. The fourth-order valence-corrected chi connectivity index (χ4v) is 3.92. The number of rotatable bonds is 6. The maximum absolute atomic E-state index is 12.6. The molecule has 7 heteroatoms. The van der Waals surface area contributed by atoms with Crippen LogP contribution in [0.25, 0.3) is 0 Å². The van der Waals surface area contributed by atoms with Crippen molar-refractivity contribution < 1.29 is 14.0 Å². The van der Waals surface area contributed by atoms with Crippen molar-refractivity contribution in [3.8, 4) is 0 Å². The van der Waals surface area contributed by atoms with Crippen molar-refractivity contribution in [2.75, 3.05) is 13.1 Å². The van der Waals surface area contributed by atoms with Gasteiger partial charge in [-0.2, -0.15) is 0 Å². The van der Waals surface area contributed by atoms with E-state index in [-0.39, 0.29) is 23.8 Å². The van der Waals surface area contributed by atoms with E-state index in [0.29, 0.717) is 31.0 Å². The average molecular weight is 356 g/mol. The second-order valence-electron chi connectivity index (χ2n) is 7.17. The van der Waals surface area contributed by atoms with Gasteiger partial charge in [0.1, 0.15) is 11.6 Å². The first kappa shape index (κ1) is 16.9. The van der Waals surface area contributed by atoms with Gasteiger partial charge in [0.15, 0.2) is 0 Å². The topological polar surface area (TPSA) is 80.4 Å². The van der Waals surface area contributed by atoms with Crippen LogP contribution in [0.15, 0.2) is 29.1 Å². The summed E-state index contributed by atoms with van der Waals surface area (Å²) in [6.45, 7) is 3.05. The molecule has 2 fully saturated rings. The van der Waals surface area contributed by atoms with Gasteiger partial charge in [-0.15, -0.1) is 0 Å². The molecule has 0 bridgehead atoms. The maximum Gasteiger partial charge on any atom is 0.254 e. The number of aromatic nitrogens is 2. The first-order valence-electron chi connectivity index (χ1n) is 9.22. The number of hydrogen-bond donors (Lipinski definition) is 1. The molecule has 2 aromatic heterocycles. The lowest BCUT2D eigenvalue weighted by Gasteiger charge is -2.27. The molecular weight excluding hydrogens is 332 g/mol. The molecule has 0 unspecified atom stereocenters. The van der Waals surface area contributed by atoms with Crippen LogP contribution in [0.3, 0.4) is 0 Å². The van der Waals surface area contributed by atoms with Gasteiger partial charge in [-0.25, -0.2) is 4.98 Å². The van der Waals surface area contributed by atoms with Crippen LogP contribution in [0, 0.1) is 5.92 Å². The predicted octanol–water partition coefficient (Wildman–Crippen LogP) is 2.23. The summed E-state index contributed by atoms with van der Waals surface area (Å²) in [5.41, 5.74) is 0.623. The van der Waals surface area contributed by atoms with Crippen molar-refractivity contribution >= 4 is 11.8 Å². The number of likely N-dealkylation sites (tertiary alicyclic amines) is 1. The van der Waals surface area contributed by atoms with Crippen molar-refractivity contribution in [3.05, 3.63) is 41.9 Å². The lowest BCUT2D eigenvalue weighted by molar-refractivity contribution is -0.128. The van der Waals surface area contributed by atoms with Gasteiger partial charge in [0, 0.05) is 50.8 Å². The van der Waals surface area contributed by atoms with Crippen molar-refractivity contribution in [3.63, 3.8) is 0 Å². The number of carbonyl (C=O) groups excluding carboxylic acids is 2. The second kappa shape index (κ2) is 6.63. The number of imidazole rings is 1. The van der Waals surface area contributed by atoms with Gasteiger partial charge in [0.25, 0.3) is 5.91 Å².